The molecule has 0 amide bonds. The highest BCUT2D eigenvalue weighted by molar-refractivity contribution is 6.29. The molecule has 0 spiro atoms. The van der Waals surface area contributed by atoms with Gasteiger partial charge in [-0.05, 0) is 37.8 Å². The molecule has 2 aromatic heterocycles. The lowest BCUT2D eigenvalue weighted by molar-refractivity contribution is -0.233. The predicted molar refractivity (Wildman–Crippen MR) is 154 cm³/mol. The van der Waals surface area contributed by atoms with Crippen molar-refractivity contribution in [3.63, 3.8) is 0 Å². The van der Waals surface area contributed by atoms with E-state index >= 15 is 0 Å². The first-order chi connectivity index (χ1) is 19.9. The molecule has 3 aliphatic rings. The first kappa shape index (κ1) is 29.7. The summed E-state index contributed by atoms with van der Waals surface area (Å²) in [4.78, 5) is 15.9. The van der Waals surface area contributed by atoms with E-state index < -0.39 is 6.10 Å². The molecule has 6 rings (SSSR count). The van der Waals surface area contributed by atoms with Crippen LogP contribution < -0.4 is 15.4 Å². The van der Waals surface area contributed by atoms with Crippen LogP contribution >= 0.6 is 23.2 Å². The van der Waals surface area contributed by atoms with Gasteiger partial charge in [0.15, 0.2) is 6.29 Å². The molecular weight excluding hydrogens is 571 g/mol. The zero-order valence-electron chi connectivity index (χ0n) is 22.6. The fraction of sp³-hybridized carbons (Fsp3) is 0.500. The summed E-state index contributed by atoms with van der Waals surface area (Å²) in [6.07, 6.45) is 5.52. The lowest BCUT2D eigenvalue weighted by Gasteiger charge is -2.32. The van der Waals surface area contributed by atoms with Gasteiger partial charge in [0.25, 0.3) is 0 Å². The standard InChI is InChI=1S/C18H20ClN3O3.C10H14ClN3O2/c1-23-14-4-2-11(3-5-14)18-24-9-12-6-13(7-15(12)25-18)22-17-8-16(19)20-10-21-17;11-9-3-10(13-5-12-9)14-7-1-6(4-15)8(16)2-7/h2-5,8,10,12-13,15,18H,6-7,9H2,1H3,(H,20,21,22);3,5-8,15-16H,1-2,4H2,(H,12,13,14)/t12-,13+,15-,18?;6-,7+,8-/m00/s1. The number of aliphatic hydroxyl groups is 2. The number of ether oxygens (including phenoxy) is 3. The predicted octanol–water partition coefficient (Wildman–Crippen LogP) is 4.12. The van der Waals surface area contributed by atoms with Gasteiger partial charge >= 0.3 is 0 Å². The Hall–Kier alpha value is -2.80. The summed E-state index contributed by atoms with van der Waals surface area (Å²) in [6, 6.07) is 11.6. The zero-order chi connectivity index (χ0) is 28.8. The van der Waals surface area contributed by atoms with E-state index in [4.69, 9.17) is 42.5 Å². The van der Waals surface area contributed by atoms with Crippen molar-refractivity contribution in [1.82, 2.24) is 19.9 Å². The Bertz CT molecular complexity index is 1270. The molecule has 0 bridgehead atoms. The summed E-state index contributed by atoms with van der Waals surface area (Å²) >= 11 is 11.7. The molecule has 13 heteroatoms. The maximum absolute atomic E-state index is 9.63. The van der Waals surface area contributed by atoms with Gasteiger partial charge in [-0.15, -0.1) is 0 Å². The summed E-state index contributed by atoms with van der Waals surface area (Å²) in [5, 5.41) is 26.1. The van der Waals surface area contributed by atoms with Gasteiger partial charge in [0.2, 0.25) is 0 Å². The SMILES string of the molecule is COc1ccc(C2OC[C@@H]3C[C@@H](Nc4cc(Cl)ncn4)C[C@@H]3O2)cc1.OC[C@@H]1C[C@@H](Nc2cc(Cl)ncn2)C[C@@H]1O. The topological polar surface area (TPSA) is 144 Å². The Labute approximate surface area is 248 Å². The second kappa shape index (κ2) is 13.9. The van der Waals surface area contributed by atoms with Crippen LogP contribution in [0.1, 0.15) is 37.5 Å². The number of aliphatic hydroxyl groups excluding tert-OH is 2. The van der Waals surface area contributed by atoms with Gasteiger partial charge in [0, 0.05) is 48.2 Å². The summed E-state index contributed by atoms with van der Waals surface area (Å²) < 4.78 is 17.3. The fourth-order valence-electron chi connectivity index (χ4n) is 5.55. The van der Waals surface area contributed by atoms with Gasteiger partial charge in [-0.1, -0.05) is 35.3 Å². The van der Waals surface area contributed by atoms with Crippen LogP contribution in [0.15, 0.2) is 49.1 Å². The summed E-state index contributed by atoms with van der Waals surface area (Å²) in [5.74, 6) is 2.57. The number of fused-ring (bicyclic) bond motifs is 1. The molecule has 3 aromatic rings. The average Bonchev–Trinajstić information content (AvgIpc) is 3.54. The van der Waals surface area contributed by atoms with Gasteiger partial charge in [0.05, 0.1) is 25.9 Å². The lowest BCUT2D eigenvalue weighted by atomic mass is 10.1. The molecule has 1 saturated heterocycles. The number of aromatic nitrogens is 4. The molecule has 4 N–H and O–H groups in total. The normalized spacial score (nSPS) is 28.8. The summed E-state index contributed by atoms with van der Waals surface area (Å²) in [6.45, 7) is 0.716. The number of hydrogen-bond donors (Lipinski definition) is 4. The highest BCUT2D eigenvalue weighted by atomic mass is 35.5. The quantitative estimate of drug-likeness (QED) is 0.289. The number of hydrogen-bond acceptors (Lipinski definition) is 11. The molecule has 3 heterocycles. The second-order valence-corrected chi connectivity index (χ2v) is 11.2. The van der Waals surface area contributed by atoms with Gasteiger partial charge in [0.1, 0.15) is 40.3 Å². The van der Waals surface area contributed by atoms with E-state index in [0.717, 1.165) is 36.4 Å². The Morgan fingerprint density at radius 3 is 2.10 bits per heavy atom. The molecule has 220 valence electrons. The van der Waals surface area contributed by atoms with E-state index in [2.05, 4.69) is 30.6 Å². The molecule has 7 atom stereocenters. The molecule has 2 saturated carbocycles. The average molecular weight is 606 g/mol. The van der Waals surface area contributed by atoms with E-state index in [1.54, 1.807) is 19.2 Å². The molecule has 11 nitrogen and oxygen atoms in total. The van der Waals surface area contributed by atoms with Crippen LogP contribution in [-0.2, 0) is 9.47 Å². The highest BCUT2D eigenvalue weighted by Crippen LogP contribution is 2.39. The van der Waals surface area contributed by atoms with E-state index in [1.807, 2.05) is 24.3 Å². The molecule has 1 aliphatic heterocycles. The number of nitrogens with one attached hydrogen (secondary N) is 2. The largest absolute Gasteiger partial charge is 0.497 e. The first-order valence-electron chi connectivity index (χ1n) is 13.6. The Kier molecular flexibility index (Phi) is 10.1. The Morgan fingerprint density at radius 2 is 1.54 bits per heavy atom. The van der Waals surface area contributed by atoms with E-state index in [-0.39, 0.29) is 31.0 Å². The number of halogens is 2. The van der Waals surface area contributed by atoms with Crippen molar-refractivity contribution >= 4 is 34.8 Å². The Morgan fingerprint density at radius 1 is 0.902 bits per heavy atom. The van der Waals surface area contributed by atoms with Crippen LogP contribution in [0.3, 0.4) is 0 Å². The minimum atomic E-state index is -0.445. The molecule has 3 fully saturated rings. The lowest BCUT2D eigenvalue weighted by Crippen LogP contribution is -2.32. The monoisotopic (exact) mass is 604 g/mol. The van der Waals surface area contributed by atoms with Crippen molar-refractivity contribution in [2.24, 2.45) is 11.8 Å². The van der Waals surface area contributed by atoms with Gasteiger partial charge in [-0.2, -0.15) is 0 Å². The van der Waals surface area contributed by atoms with Crippen molar-refractivity contribution in [1.29, 1.82) is 0 Å². The third-order valence-corrected chi connectivity index (χ3v) is 8.05. The third kappa shape index (κ3) is 7.94. The third-order valence-electron chi connectivity index (χ3n) is 7.64. The second-order valence-electron chi connectivity index (χ2n) is 10.5. The number of methoxy groups -OCH3 is 1. The number of nitrogens with zero attached hydrogens (tertiary/aromatic N) is 4. The zero-order valence-corrected chi connectivity index (χ0v) is 24.1. The van der Waals surface area contributed by atoms with Gasteiger partial charge in [-0.25, -0.2) is 19.9 Å². The molecule has 2 aliphatic carbocycles. The number of anilines is 2. The van der Waals surface area contributed by atoms with E-state index in [1.165, 1.54) is 12.7 Å². The minimum Gasteiger partial charge on any atom is -0.497 e. The minimum absolute atomic E-state index is 0.0177. The van der Waals surface area contributed by atoms with Crippen molar-refractivity contribution in [3.8, 4) is 5.75 Å². The van der Waals surface area contributed by atoms with Crippen molar-refractivity contribution in [3.05, 3.63) is 64.9 Å². The van der Waals surface area contributed by atoms with Crippen LogP contribution in [0.25, 0.3) is 0 Å². The maximum atomic E-state index is 9.63. The van der Waals surface area contributed by atoms with Crippen LogP contribution in [0.2, 0.25) is 10.3 Å². The molecule has 41 heavy (non-hydrogen) atoms. The van der Waals surface area contributed by atoms with Gasteiger partial charge in [-0.3, -0.25) is 0 Å². The van der Waals surface area contributed by atoms with Crippen LogP contribution in [0, 0.1) is 11.8 Å². The number of rotatable bonds is 7. The Balaban J connectivity index is 0.000000182. The first-order valence-corrected chi connectivity index (χ1v) is 14.3. The summed E-state index contributed by atoms with van der Waals surface area (Å²) in [5.41, 5.74) is 1.01. The van der Waals surface area contributed by atoms with Crippen molar-refractivity contribution < 1.29 is 24.4 Å². The van der Waals surface area contributed by atoms with E-state index in [9.17, 15) is 5.11 Å². The van der Waals surface area contributed by atoms with Crippen molar-refractivity contribution in [2.75, 3.05) is 31.0 Å². The fourth-order valence-corrected chi connectivity index (χ4v) is 5.85. The van der Waals surface area contributed by atoms with Crippen LogP contribution in [0.4, 0.5) is 11.6 Å². The molecule has 1 unspecified atom stereocenters. The summed E-state index contributed by atoms with van der Waals surface area (Å²) in [7, 11) is 1.66. The van der Waals surface area contributed by atoms with Crippen molar-refractivity contribution in [2.45, 2.75) is 56.3 Å². The smallest absolute Gasteiger partial charge is 0.184 e. The maximum Gasteiger partial charge on any atom is 0.184 e. The molecular formula is C28H34Cl2N6O5. The van der Waals surface area contributed by atoms with Crippen LogP contribution in [-0.4, -0.2) is 74.8 Å². The number of benzene rings is 1. The molecule has 1 aromatic carbocycles. The molecule has 0 radical (unpaired) electrons. The van der Waals surface area contributed by atoms with Gasteiger partial charge < -0.3 is 35.1 Å². The highest BCUT2D eigenvalue weighted by Gasteiger charge is 2.41. The van der Waals surface area contributed by atoms with E-state index in [0.29, 0.717) is 41.1 Å². The van der Waals surface area contributed by atoms with Crippen LogP contribution in [0.5, 0.6) is 5.75 Å².